The van der Waals surface area contributed by atoms with Crippen molar-refractivity contribution in [3.05, 3.63) is 41.1 Å². The Balaban J connectivity index is 2.13. The molecule has 2 N–H and O–H groups in total. The third-order valence-corrected chi connectivity index (χ3v) is 5.12. The zero-order valence-corrected chi connectivity index (χ0v) is 18.7. The lowest BCUT2D eigenvalue weighted by Crippen LogP contribution is -2.38. The van der Waals surface area contributed by atoms with Crippen molar-refractivity contribution in [3.63, 3.8) is 0 Å². The van der Waals surface area contributed by atoms with E-state index in [2.05, 4.69) is 9.89 Å². The average Bonchev–Trinajstić information content (AvgIpc) is 2.78. The summed E-state index contributed by atoms with van der Waals surface area (Å²) in [6.45, 7) is 8.38. The predicted octanol–water partition coefficient (Wildman–Crippen LogP) is 1.77. The number of ketones is 1. The summed E-state index contributed by atoms with van der Waals surface area (Å²) in [5.74, 6) is -0.322. The molecule has 1 heterocycles. The van der Waals surface area contributed by atoms with Crippen LogP contribution in [0.1, 0.15) is 25.8 Å². The van der Waals surface area contributed by atoms with E-state index in [0.29, 0.717) is 24.3 Å². The van der Waals surface area contributed by atoms with Crippen LogP contribution in [-0.4, -0.2) is 75.5 Å². The lowest BCUT2D eigenvalue weighted by Gasteiger charge is -2.26. The number of benzene rings is 1. The minimum Gasteiger partial charge on any atom is -0.492 e. The molecule has 0 aromatic heterocycles. The molecule has 0 aliphatic carbocycles. The highest BCUT2D eigenvalue weighted by atomic mass is 16.5. The number of Topliss-reactive ketones (excluding diaryl/α,β-unsaturated/α-hetero) is 1. The van der Waals surface area contributed by atoms with E-state index in [4.69, 9.17) is 19.9 Å². The van der Waals surface area contributed by atoms with Crippen molar-refractivity contribution in [1.29, 1.82) is 0 Å². The Labute approximate surface area is 184 Å². The van der Waals surface area contributed by atoms with E-state index in [1.807, 2.05) is 24.3 Å². The van der Waals surface area contributed by atoms with Gasteiger partial charge in [-0.25, -0.2) is 0 Å². The minimum atomic E-state index is -0.590. The number of hydrogen-bond donors (Lipinski definition) is 1. The lowest BCUT2D eigenvalue weighted by molar-refractivity contribution is -0.144. The molecule has 1 fully saturated rings. The summed E-state index contributed by atoms with van der Waals surface area (Å²) >= 11 is 0. The maximum atomic E-state index is 12.5. The SMILES string of the molecule is CCOC(=O)CC(=O)/C(N)=C(\Cc1ccccc1OCCN1CCOCC1)C(C)=NC. The number of carbonyl (C=O) groups is 2. The molecule has 2 rings (SSSR count). The molecule has 1 aromatic carbocycles. The van der Waals surface area contributed by atoms with E-state index in [1.54, 1.807) is 20.9 Å². The molecule has 0 atom stereocenters. The maximum Gasteiger partial charge on any atom is 0.313 e. The molecule has 170 valence electrons. The Kier molecular flexibility index (Phi) is 10.2. The van der Waals surface area contributed by atoms with Crippen LogP contribution >= 0.6 is 0 Å². The second kappa shape index (κ2) is 12.9. The standard InChI is InChI=1S/C23H33N3O5/c1-4-30-22(28)16-20(27)23(24)19(17(2)25-3)15-18-7-5-6-8-21(18)31-14-11-26-9-12-29-13-10-26/h5-8H,4,9-16,24H2,1-3H3/b23-19-,25-17?. The first-order chi connectivity index (χ1) is 15.0. The second-order valence-corrected chi connectivity index (χ2v) is 7.19. The van der Waals surface area contributed by atoms with Gasteiger partial charge in [0.05, 0.1) is 25.5 Å². The highest BCUT2D eigenvalue weighted by Gasteiger charge is 2.20. The van der Waals surface area contributed by atoms with E-state index in [-0.39, 0.29) is 12.3 Å². The largest absolute Gasteiger partial charge is 0.492 e. The summed E-state index contributed by atoms with van der Waals surface area (Å²) in [4.78, 5) is 30.7. The summed E-state index contributed by atoms with van der Waals surface area (Å²) in [6.07, 6.45) is -0.0187. The van der Waals surface area contributed by atoms with Gasteiger partial charge in [0, 0.05) is 44.4 Å². The summed E-state index contributed by atoms with van der Waals surface area (Å²) in [6, 6.07) is 7.67. The fourth-order valence-electron chi connectivity index (χ4n) is 3.25. The summed E-state index contributed by atoms with van der Waals surface area (Å²) in [5.41, 5.74) is 8.31. The predicted molar refractivity (Wildman–Crippen MR) is 119 cm³/mol. The number of nitrogens with two attached hydrogens (primary N) is 1. The number of esters is 1. The molecule has 0 unspecified atom stereocenters. The van der Waals surface area contributed by atoms with Gasteiger partial charge in [-0.15, -0.1) is 0 Å². The van der Waals surface area contributed by atoms with Crippen molar-refractivity contribution in [2.75, 3.05) is 53.1 Å². The second-order valence-electron chi connectivity index (χ2n) is 7.19. The molecule has 1 aromatic rings. The maximum absolute atomic E-state index is 12.5. The van der Waals surface area contributed by atoms with Crippen molar-refractivity contribution >= 4 is 17.5 Å². The summed E-state index contributed by atoms with van der Waals surface area (Å²) in [5, 5.41) is 0. The van der Waals surface area contributed by atoms with Gasteiger partial charge >= 0.3 is 5.97 Å². The van der Waals surface area contributed by atoms with E-state index in [1.165, 1.54) is 0 Å². The summed E-state index contributed by atoms with van der Waals surface area (Å²) < 4.78 is 16.3. The number of para-hydroxylation sites is 1. The van der Waals surface area contributed by atoms with Gasteiger partial charge in [0.2, 0.25) is 0 Å². The van der Waals surface area contributed by atoms with Gasteiger partial charge in [0.1, 0.15) is 18.8 Å². The molecular formula is C23H33N3O5. The topological polar surface area (TPSA) is 103 Å². The van der Waals surface area contributed by atoms with Gasteiger partial charge < -0.3 is 19.9 Å². The van der Waals surface area contributed by atoms with Gasteiger partial charge in [-0.05, 0) is 25.5 Å². The Bertz CT molecular complexity index is 813. The number of ether oxygens (including phenoxy) is 3. The molecule has 0 saturated carbocycles. The molecule has 31 heavy (non-hydrogen) atoms. The van der Waals surface area contributed by atoms with Crippen LogP contribution in [0.3, 0.4) is 0 Å². The number of hydrogen-bond acceptors (Lipinski definition) is 8. The van der Waals surface area contributed by atoms with Gasteiger partial charge in [0.25, 0.3) is 0 Å². The van der Waals surface area contributed by atoms with E-state index >= 15 is 0 Å². The van der Waals surface area contributed by atoms with Gasteiger partial charge in [-0.2, -0.15) is 0 Å². The van der Waals surface area contributed by atoms with Crippen molar-refractivity contribution in [2.45, 2.75) is 26.7 Å². The van der Waals surface area contributed by atoms with Crippen LogP contribution < -0.4 is 10.5 Å². The first kappa shape index (κ1) is 24.6. The Morgan fingerprint density at radius 1 is 1.23 bits per heavy atom. The first-order valence-electron chi connectivity index (χ1n) is 10.6. The minimum absolute atomic E-state index is 0.0271. The highest BCUT2D eigenvalue weighted by molar-refractivity contribution is 6.11. The molecule has 0 bridgehead atoms. The van der Waals surface area contributed by atoms with E-state index < -0.39 is 18.2 Å². The van der Waals surface area contributed by atoms with Crippen molar-refractivity contribution < 1.29 is 23.8 Å². The number of allylic oxidation sites excluding steroid dienone is 2. The fourth-order valence-corrected chi connectivity index (χ4v) is 3.25. The fraction of sp³-hybridized carbons (Fsp3) is 0.522. The molecule has 0 radical (unpaired) electrons. The number of rotatable bonds is 11. The smallest absolute Gasteiger partial charge is 0.313 e. The third kappa shape index (κ3) is 7.80. The molecule has 1 aliphatic rings. The first-order valence-corrected chi connectivity index (χ1v) is 10.6. The van der Waals surface area contributed by atoms with Crippen molar-refractivity contribution in [2.24, 2.45) is 10.7 Å². The van der Waals surface area contributed by atoms with Crippen LogP contribution in [0.4, 0.5) is 0 Å². The van der Waals surface area contributed by atoms with Crippen LogP contribution in [-0.2, 0) is 25.5 Å². The molecule has 8 nitrogen and oxygen atoms in total. The number of morpholine rings is 1. The molecule has 1 aliphatic heterocycles. The monoisotopic (exact) mass is 431 g/mol. The third-order valence-electron chi connectivity index (χ3n) is 5.12. The van der Waals surface area contributed by atoms with Crippen LogP contribution in [0.25, 0.3) is 0 Å². The van der Waals surface area contributed by atoms with Gasteiger partial charge in [-0.3, -0.25) is 19.5 Å². The van der Waals surface area contributed by atoms with Crippen LogP contribution in [0, 0.1) is 0 Å². The Hall–Kier alpha value is -2.71. The Morgan fingerprint density at radius 2 is 1.94 bits per heavy atom. The zero-order valence-electron chi connectivity index (χ0n) is 18.7. The van der Waals surface area contributed by atoms with Crippen LogP contribution in [0.15, 0.2) is 40.5 Å². The van der Waals surface area contributed by atoms with Crippen molar-refractivity contribution in [1.82, 2.24) is 4.90 Å². The molecule has 0 spiro atoms. The lowest BCUT2D eigenvalue weighted by atomic mass is 9.97. The van der Waals surface area contributed by atoms with Crippen LogP contribution in [0.5, 0.6) is 5.75 Å². The van der Waals surface area contributed by atoms with Crippen molar-refractivity contribution in [3.8, 4) is 5.75 Å². The molecule has 1 saturated heterocycles. The Morgan fingerprint density at radius 3 is 2.61 bits per heavy atom. The summed E-state index contributed by atoms with van der Waals surface area (Å²) in [7, 11) is 1.64. The van der Waals surface area contributed by atoms with Crippen LogP contribution in [0.2, 0.25) is 0 Å². The highest BCUT2D eigenvalue weighted by Crippen LogP contribution is 2.23. The van der Waals surface area contributed by atoms with E-state index in [0.717, 1.165) is 44.2 Å². The number of nitrogens with zero attached hydrogens (tertiary/aromatic N) is 2. The van der Waals surface area contributed by atoms with Gasteiger partial charge in [0.15, 0.2) is 5.78 Å². The number of carbonyl (C=O) groups excluding carboxylic acids is 2. The van der Waals surface area contributed by atoms with E-state index in [9.17, 15) is 9.59 Å². The quantitative estimate of drug-likeness (QED) is 0.246. The normalized spacial score (nSPS) is 15.9. The van der Waals surface area contributed by atoms with Gasteiger partial charge in [-0.1, -0.05) is 18.2 Å². The average molecular weight is 432 g/mol. The molecule has 0 amide bonds. The number of aliphatic imine (C=N–C) groups is 1. The molecule has 8 heteroatoms. The zero-order chi connectivity index (χ0) is 22.6. The molecular weight excluding hydrogens is 398 g/mol.